The summed E-state index contributed by atoms with van der Waals surface area (Å²) in [5, 5.41) is 0.861. The molecule has 1 amide bonds. The fraction of sp³-hybridized carbons (Fsp3) is 0.231. The first-order valence-corrected chi connectivity index (χ1v) is 14.4. The number of nitrogens with zero attached hydrogens (tertiary/aromatic N) is 2. The van der Waals surface area contributed by atoms with E-state index in [0.29, 0.717) is 28.3 Å². The summed E-state index contributed by atoms with van der Waals surface area (Å²) in [5.41, 5.74) is 1.81. The standard InChI is InChI=1S/C26H23ClN2O5S2/c27-19-6-10-21(11-7-19)34-15-25(30)28-26-29(23-16-36(31,32)17-24(23)35-26)20-8-12-22(13-9-20)33-14-18-4-2-1-3-5-18/h1-13,23-24H,14-17H2/t23-,24+/m1/s1. The highest BCUT2D eigenvalue weighted by Crippen LogP contribution is 2.41. The van der Waals surface area contributed by atoms with Gasteiger partial charge >= 0.3 is 0 Å². The molecule has 0 bridgehead atoms. The van der Waals surface area contributed by atoms with E-state index in [1.807, 2.05) is 59.5 Å². The number of hydrogen-bond acceptors (Lipinski definition) is 6. The quantitative estimate of drug-likeness (QED) is 0.431. The molecule has 0 aromatic heterocycles. The van der Waals surface area contributed by atoms with Crippen molar-refractivity contribution in [1.29, 1.82) is 0 Å². The monoisotopic (exact) mass is 542 g/mol. The number of amidine groups is 1. The maximum atomic E-state index is 12.6. The molecule has 0 N–H and O–H groups in total. The van der Waals surface area contributed by atoms with Crippen LogP contribution in [-0.2, 0) is 21.2 Å². The van der Waals surface area contributed by atoms with Gasteiger partial charge in [-0.15, -0.1) is 0 Å². The highest BCUT2D eigenvalue weighted by Gasteiger charge is 2.49. The number of benzene rings is 3. The van der Waals surface area contributed by atoms with Crippen LogP contribution in [0.3, 0.4) is 0 Å². The minimum Gasteiger partial charge on any atom is -0.489 e. The molecule has 10 heteroatoms. The Labute approximate surface area is 219 Å². The molecule has 36 heavy (non-hydrogen) atoms. The number of sulfone groups is 1. The van der Waals surface area contributed by atoms with E-state index < -0.39 is 15.7 Å². The van der Waals surface area contributed by atoms with Gasteiger partial charge in [0.1, 0.15) is 18.1 Å². The van der Waals surface area contributed by atoms with Crippen molar-refractivity contribution < 1.29 is 22.7 Å². The second-order valence-electron chi connectivity index (χ2n) is 8.47. The summed E-state index contributed by atoms with van der Waals surface area (Å²) >= 11 is 7.20. The maximum Gasteiger partial charge on any atom is 0.285 e. The number of carbonyl (C=O) groups excluding carboxylic acids is 1. The van der Waals surface area contributed by atoms with Crippen LogP contribution < -0.4 is 14.4 Å². The van der Waals surface area contributed by atoms with Crippen molar-refractivity contribution in [1.82, 2.24) is 0 Å². The number of amides is 1. The summed E-state index contributed by atoms with van der Waals surface area (Å²) in [4.78, 5) is 18.8. The highest BCUT2D eigenvalue weighted by atomic mass is 35.5. The van der Waals surface area contributed by atoms with Gasteiger partial charge in [-0.25, -0.2) is 8.42 Å². The van der Waals surface area contributed by atoms with Gasteiger partial charge in [0, 0.05) is 16.0 Å². The Bertz CT molecular complexity index is 1360. The molecule has 0 spiro atoms. The number of hydrogen-bond donors (Lipinski definition) is 0. The minimum absolute atomic E-state index is 0.0193. The molecule has 186 valence electrons. The number of ether oxygens (including phenoxy) is 2. The maximum absolute atomic E-state index is 12.6. The van der Waals surface area contributed by atoms with Crippen molar-refractivity contribution in [2.24, 2.45) is 4.99 Å². The summed E-state index contributed by atoms with van der Waals surface area (Å²) in [5.74, 6) is 0.828. The zero-order valence-corrected chi connectivity index (χ0v) is 21.5. The minimum atomic E-state index is -3.16. The fourth-order valence-corrected chi connectivity index (χ4v) is 8.18. The van der Waals surface area contributed by atoms with Crippen molar-refractivity contribution in [3.63, 3.8) is 0 Å². The van der Waals surface area contributed by atoms with Gasteiger partial charge in [-0.1, -0.05) is 53.7 Å². The molecule has 3 aromatic rings. The lowest BCUT2D eigenvalue weighted by atomic mass is 10.2. The first kappa shape index (κ1) is 24.7. The Morgan fingerprint density at radius 1 is 0.944 bits per heavy atom. The van der Waals surface area contributed by atoms with Crippen molar-refractivity contribution in [3.8, 4) is 11.5 Å². The zero-order chi connectivity index (χ0) is 25.1. The molecule has 5 rings (SSSR count). The molecular weight excluding hydrogens is 520 g/mol. The normalized spacial score (nSPS) is 21.4. The smallest absolute Gasteiger partial charge is 0.285 e. The van der Waals surface area contributed by atoms with Gasteiger partial charge in [-0.3, -0.25) is 4.79 Å². The lowest BCUT2D eigenvalue weighted by Gasteiger charge is -2.24. The Kier molecular flexibility index (Phi) is 7.22. The number of rotatable bonds is 7. The third kappa shape index (κ3) is 5.86. The number of anilines is 1. The SMILES string of the molecule is O=C(COc1ccc(Cl)cc1)N=C1S[C@H]2CS(=O)(=O)C[C@H]2N1c1ccc(OCc2ccccc2)cc1. The first-order chi connectivity index (χ1) is 17.4. The molecule has 3 aromatic carbocycles. The summed E-state index contributed by atoms with van der Waals surface area (Å²) in [6.45, 7) is 0.205. The molecule has 2 saturated heterocycles. The first-order valence-electron chi connectivity index (χ1n) is 11.3. The van der Waals surface area contributed by atoms with E-state index in [9.17, 15) is 13.2 Å². The Morgan fingerprint density at radius 2 is 1.61 bits per heavy atom. The molecule has 0 radical (unpaired) electrons. The topological polar surface area (TPSA) is 85.3 Å². The number of fused-ring (bicyclic) bond motifs is 1. The largest absolute Gasteiger partial charge is 0.489 e. The highest BCUT2D eigenvalue weighted by molar-refractivity contribution is 8.16. The molecule has 0 saturated carbocycles. The van der Waals surface area contributed by atoms with E-state index in [1.165, 1.54) is 11.8 Å². The van der Waals surface area contributed by atoms with Gasteiger partial charge < -0.3 is 14.4 Å². The third-order valence-electron chi connectivity index (χ3n) is 5.83. The van der Waals surface area contributed by atoms with Crippen LogP contribution in [0.2, 0.25) is 5.02 Å². The van der Waals surface area contributed by atoms with E-state index in [4.69, 9.17) is 21.1 Å². The molecule has 0 unspecified atom stereocenters. The second kappa shape index (κ2) is 10.5. The molecule has 0 aliphatic carbocycles. The van der Waals surface area contributed by atoms with Gasteiger partial charge in [-0.2, -0.15) is 4.99 Å². The molecule has 7 nitrogen and oxygen atoms in total. The van der Waals surface area contributed by atoms with Gasteiger partial charge in [0.25, 0.3) is 5.91 Å². The van der Waals surface area contributed by atoms with Crippen LogP contribution >= 0.6 is 23.4 Å². The lowest BCUT2D eigenvalue weighted by Crippen LogP contribution is -2.37. The van der Waals surface area contributed by atoms with Crippen molar-refractivity contribution in [3.05, 3.63) is 89.4 Å². The van der Waals surface area contributed by atoms with E-state index in [-0.39, 0.29) is 29.4 Å². The van der Waals surface area contributed by atoms with Crippen LogP contribution in [-0.4, -0.2) is 48.9 Å². The third-order valence-corrected chi connectivity index (χ3v) is 9.29. The van der Waals surface area contributed by atoms with Crippen LogP contribution in [0.15, 0.2) is 83.9 Å². The van der Waals surface area contributed by atoms with Crippen LogP contribution in [0.1, 0.15) is 5.56 Å². The molecule has 2 heterocycles. The van der Waals surface area contributed by atoms with Crippen molar-refractivity contribution >= 4 is 50.0 Å². The molecular formula is C26H23ClN2O5S2. The molecule has 2 atom stereocenters. The van der Waals surface area contributed by atoms with E-state index in [2.05, 4.69) is 4.99 Å². The average molecular weight is 543 g/mol. The zero-order valence-electron chi connectivity index (χ0n) is 19.1. The average Bonchev–Trinajstić information content (AvgIpc) is 3.34. The van der Waals surface area contributed by atoms with Crippen LogP contribution in [0.4, 0.5) is 5.69 Å². The van der Waals surface area contributed by atoms with E-state index >= 15 is 0 Å². The van der Waals surface area contributed by atoms with Gasteiger partial charge in [0.2, 0.25) is 0 Å². The van der Waals surface area contributed by atoms with E-state index in [0.717, 1.165) is 11.3 Å². The van der Waals surface area contributed by atoms with Crippen LogP contribution in [0, 0.1) is 0 Å². The molecule has 2 aliphatic rings. The summed E-state index contributed by atoms with van der Waals surface area (Å²) in [7, 11) is -3.16. The number of halogens is 1. The fourth-order valence-electron chi connectivity index (χ4n) is 4.13. The Morgan fingerprint density at radius 3 is 2.33 bits per heavy atom. The predicted molar refractivity (Wildman–Crippen MR) is 143 cm³/mol. The van der Waals surface area contributed by atoms with Gasteiger partial charge in [0.05, 0.1) is 17.5 Å². The number of thioether (sulfide) groups is 1. The molecule has 2 fully saturated rings. The Balaban J connectivity index is 1.31. The molecule has 2 aliphatic heterocycles. The number of carbonyl (C=O) groups is 1. The Hall–Kier alpha value is -3.01. The lowest BCUT2D eigenvalue weighted by molar-refractivity contribution is -0.119. The van der Waals surface area contributed by atoms with Crippen LogP contribution in [0.5, 0.6) is 11.5 Å². The van der Waals surface area contributed by atoms with Crippen molar-refractivity contribution in [2.45, 2.75) is 17.9 Å². The predicted octanol–water partition coefficient (Wildman–Crippen LogP) is 4.60. The van der Waals surface area contributed by atoms with Crippen molar-refractivity contribution in [2.75, 3.05) is 23.0 Å². The summed E-state index contributed by atoms with van der Waals surface area (Å²) in [6, 6.07) is 23.7. The summed E-state index contributed by atoms with van der Waals surface area (Å²) in [6.07, 6.45) is 0. The van der Waals surface area contributed by atoms with Gasteiger partial charge in [0.15, 0.2) is 21.6 Å². The van der Waals surface area contributed by atoms with Crippen LogP contribution in [0.25, 0.3) is 0 Å². The number of aliphatic imine (C=N–C) groups is 1. The van der Waals surface area contributed by atoms with E-state index in [1.54, 1.807) is 24.3 Å². The summed E-state index contributed by atoms with van der Waals surface area (Å²) < 4.78 is 36.0. The second-order valence-corrected chi connectivity index (χ2v) is 12.3. The van der Waals surface area contributed by atoms with Gasteiger partial charge in [-0.05, 0) is 54.1 Å².